The number of benzene rings is 1. The molecule has 1 aromatic rings. The Morgan fingerprint density at radius 1 is 1.05 bits per heavy atom. The lowest BCUT2D eigenvalue weighted by Gasteiger charge is -2.09. The molecule has 1 aromatic carbocycles. The first-order valence-corrected chi connectivity index (χ1v) is 6.39. The molecular formula is C14H22FNO3. The number of ether oxygens (including phenoxy) is 3. The van der Waals surface area contributed by atoms with Gasteiger partial charge in [0.05, 0.1) is 19.8 Å². The van der Waals surface area contributed by atoms with Crippen molar-refractivity contribution in [3.05, 3.63) is 35.1 Å². The summed E-state index contributed by atoms with van der Waals surface area (Å²) in [4.78, 5) is 0. The van der Waals surface area contributed by atoms with Crippen molar-refractivity contribution < 1.29 is 18.6 Å². The molecule has 1 rings (SSSR count). The normalized spacial score (nSPS) is 10.9. The quantitative estimate of drug-likeness (QED) is 0.660. The average molecular weight is 271 g/mol. The summed E-state index contributed by atoms with van der Waals surface area (Å²) in [6.07, 6.45) is 0.803. The second-order valence-electron chi connectivity index (χ2n) is 4.13. The zero-order valence-electron chi connectivity index (χ0n) is 11.4. The van der Waals surface area contributed by atoms with E-state index in [1.807, 2.05) is 0 Å². The third kappa shape index (κ3) is 6.63. The van der Waals surface area contributed by atoms with Crippen LogP contribution >= 0.6 is 0 Å². The molecule has 5 heteroatoms. The molecule has 0 unspecified atom stereocenters. The predicted octanol–water partition coefficient (Wildman–Crippen LogP) is 1.85. The van der Waals surface area contributed by atoms with Crippen molar-refractivity contribution in [1.29, 1.82) is 0 Å². The number of methoxy groups -OCH3 is 1. The Labute approximate surface area is 113 Å². The summed E-state index contributed by atoms with van der Waals surface area (Å²) in [7, 11) is 1.64. The Hall–Kier alpha value is -1.01. The topological polar surface area (TPSA) is 53.7 Å². The first kappa shape index (κ1) is 16.0. The van der Waals surface area contributed by atoms with Gasteiger partial charge in [-0.05, 0) is 29.7 Å². The van der Waals surface area contributed by atoms with Gasteiger partial charge < -0.3 is 19.9 Å². The van der Waals surface area contributed by atoms with Gasteiger partial charge in [0.2, 0.25) is 0 Å². The molecule has 0 aliphatic rings. The van der Waals surface area contributed by atoms with Gasteiger partial charge in [-0.2, -0.15) is 0 Å². The molecule has 0 saturated heterocycles. The van der Waals surface area contributed by atoms with E-state index in [0.717, 1.165) is 17.5 Å². The molecule has 0 atom stereocenters. The maximum atomic E-state index is 13.1. The van der Waals surface area contributed by atoms with E-state index in [-0.39, 0.29) is 5.82 Å². The standard InChI is InChI=1S/C14H22FNO3/c1-17-7-8-18-5-2-6-19-11-13-9-14(15)4-3-12(13)10-16/h3-4,9H,2,5-8,10-11,16H2,1H3. The summed E-state index contributed by atoms with van der Waals surface area (Å²) in [5.41, 5.74) is 7.31. The van der Waals surface area contributed by atoms with E-state index in [2.05, 4.69) is 0 Å². The van der Waals surface area contributed by atoms with Crippen molar-refractivity contribution in [2.24, 2.45) is 5.73 Å². The van der Waals surface area contributed by atoms with Crippen LogP contribution in [0.5, 0.6) is 0 Å². The molecule has 4 nitrogen and oxygen atoms in total. The smallest absolute Gasteiger partial charge is 0.123 e. The number of rotatable bonds is 10. The van der Waals surface area contributed by atoms with Gasteiger partial charge in [-0.25, -0.2) is 4.39 Å². The van der Waals surface area contributed by atoms with Crippen molar-refractivity contribution in [3.8, 4) is 0 Å². The molecule has 0 aliphatic carbocycles. The predicted molar refractivity (Wildman–Crippen MR) is 71.3 cm³/mol. The number of halogens is 1. The molecule has 0 aliphatic heterocycles. The average Bonchev–Trinajstić information content (AvgIpc) is 2.42. The van der Waals surface area contributed by atoms with Gasteiger partial charge in [0.1, 0.15) is 5.82 Å². The van der Waals surface area contributed by atoms with Crippen LogP contribution in [0, 0.1) is 5.82 Å². The fourth-order valence-corrected chi connectivity index (χ4v) is 1.62. The van der Waals surface area contributed by atoms with Crippen LogP contribution in [0.2, 0.25) is 0 Å². The Morgan fingerprint density at radius 3 is 2.58 bits per heavy atom. The molecule has 108 valence electrons. The van der Waals surface area contributed by atoms with Crippen LogP contribution in [0.3, 0.4) is 0 Å². The van der Waals surface area contributed by atoms with Crippen molar-refractivity contribution in [3.63, 3.8) is 0 Å². The summed E-state index contributed by atoms with van der Waals surface area (Å²) < 4.78 is 28.8. The second-order valence-corrected chi connectivity index (χ2v) is 4.13. The summed E-state index contributed by atoms with van der Waals surface area (Å²) in [5.74, 6) is -0.265. The zero-order chi connectivity index (χ0) is 13.9. The van der Waals surface area contributed by atoms with Gasteiger partial charge in [-0.3, -0.25) is 0 Å². The highest BCUT2D eigenvalue weighted by molar-refractivity contribution is 5.27. The Morgan fingerprint density at radius 2 is 1.84 bits per heavy atom. The van der Waals surface area contributed by atoms with Crippen LogP contribution in [0.15, 0.2) is 18.2 Å². The van der Waals surface area contributed by atoms with E-state index >= 15 is 0 Å². The molecule has 0 bridgehead atoms. The molecular weight excluding hydrogens is 249 g/mol. The van der Waals surface area contributed by atoms with Gasteiger partial charge in [-0.15, -0.1) is 0 Å². The summed E-state index contributed by atoms with van der Waals surface area (Å²) >= 11 is 0. The third-order valence-corrected chi connectivity index (χ3v) is 2.65. The number of hydrogen-bond acceptors (Lipinski definition) is 4. The SMILES string of the molecule is COCCOCCCOCc1cc(F)ccc1CN. The van der Waals surface area contributed by atoms with E-state index in [4.69, 9.17) is 19.9 Å². The minimum atomic E-state index is -0.265. The lowest BCUT2D eigenvalue weighted by molar-refractivity contribution is 0.0482. The maximum Gasteiger partial charge on any atom is 0.123 e. The van der Waals surface area contributed by atoms with Crippen molar-refractivity contribution in [1.82, 2.24) is 0 Å². The fraction of sp³-hybridized carbons (Fsp3) is 0.571. The maximum absolute atomic E-state index is 13.1. The van der Waals surface area contributed by atoms with Gasteiger partial charge in [0.15, 0.2) is 0 Å². The van der Waals surface area contributed by atoms with Gasteiger partial charge in [0.25, 0.3) is 0 Å². The van der Waals surface area contributed by atoms with Gasteiger partial charge >= 0.3 is 0 Å². The largest absolute Gasteiger partial charge is 0.382 e. The Bertz CT molecular complexity index is 361. The third-order valence-electron chi connectivity index (χ3n) is 2.65. The summed E-state index contributed by atoms with van der Waals surface area (Å²) in [6.45, 7) is 3.17. The molecule has 0 spiro atoms. The lowest BCUT2D eigenvalue weighted by atomic mass is 10.1. The first-order chi connectivity index (χ1) is 9.27. The molecule has 0 heterocycles. The van der Waals surface area contributed by atoms with Crippen LogP contribution in [-0.4, -0.2) is 33.5 Å². The summed E-state index contributed by atoms with van der Waals surface area (Å²) in [6, 6.07) is 4.58. The van der Waals surface area contributed by atoms with E-state index in [0.29, 0.717) is 39.6 Å². The van der Waals surface area contributed by atoms with Crippen molar-refractivity contribution >= 4 is 0 Å². The van der Waals surface area contributed by atoms with Crippen LogP contribution in [-0.2, 0) is 27.4 Å². The van der Waals surface area contributed by atoms with E-state index in [1.54, 1.807) is 13.2 Å². The molecule has 2 N–H and O–H groups in total. The lowest BCUT2D eigenvalue weighted by Crippen LogP contribution is -2.07. The van der Waals surface area contributed by atoms with Crippen molar-refractivity contribution in [2.75, 3.05) is 33.5 Å². The zero-order valence-corrected chi connectivity index (χ0v) is 11.4. The van der Waals surface area contributed by atoms with Crippen LogP contribution in [0.4, 0.5) is 4.39 Å². The first-order valence-electron chi connectivity index (χ1n) is 6.39. The minimum Gasteiger partial charge on any atom is -0.382 e. The highest BCUT2D eigenvalue weighted by Gasteiger charge is 2.03. The Balaban J connectivity index is 2.17. The minimum absolute atomic E-state index is 0.265. The number of hydrogen-bond donors (Lipinski definition) is 1. The molecule has 0 saturated carbocycles. The highest BCUT2D eigenvalue weighted by atomic mass is 19.1. The molecule has 0 amide bonds. The van der Waals surface area contributed by atoms with Gasteiger partial charge in [0, 0.05) is 26.9 Å². The fourth-order valence-electron chi connectivity index (χ4n) is 1.62. The monoisotopic (exact) mass is 271 g/mol. The second kappa shape index (κ2) is 9.86. The van der Waals surface area contributed by atoms with E-state index in [9.17, 15) is 4.39 Å². The van der Waals surface area contributed by atoms with E-state index < -0.39 is 0 Å². The molecule has 19 heavy (non-hydrogen) atoms. The summed E-state index contributed by atoms with van der Waals surface area (Å²) in [5, 5.41) is 0. The van der Waals surface area contributed by atoms with Crippen LogP contribution in [0.25, 0.3) is 0 Å². The molecule has 0 radical (unpaired) electrons. The number of nitrogens with two attached hydrogens (primary N) is 1. The van der Waals surface area contributed by atoms with Crippen LogP contribution < -0.4 is 5.73 Å². The highest BCUT2D eigenvalue weighted by Crippen LogP contribution is 2.12. The molecule has 0 fully saturated rings. The van der Waals surface area contributed by atoms with Gasteiger partial charge in [-0.1, -0.05) is 6.07 Å². The van der Waals surface area contributed by atoms with E-state index in [1.165, 1.54) is 12.1 Å². The van der Waals surface area contributed by atoms with Crippen molar-refractivity contribution in [2.45, 2.75) is 19.6 Å². The molecule has 0 aromatic heterocycles. The van der Waals surface area contributed by atoms with Crippen LogP contribution in [0.1, 0.15) is 17.5 Å². The Kier molecular flexibility index (Phi) is 8.33.